The topological polar surface area (TPSA) is 18.0 Å². The molecule has 0 saturated carbocycles. The maximum Gasteiger partial charge on any atom is 0.245 e. The highest BCUT2D eigenvalue weighted by Gasteiger charge is 1.96. The van der Waals surface area contributed by atoms with Crippen molar-refractivity contribution in [1.29, 1.82) is 0 Å². The Morgan fingerprint density at radius 1 is 1.60 bits per heavy atom. The first-order valence-corrected chi connectivity index (χ1v) is 3.41. The zero-order valence-electron chi connectivity index (χ0n) is 6.45. The third-order valence-electron chi connectivity index (χ3n) is 1.27. The molecule has 3 nitrogen and oxygen atoms in total. The second kappa shape index (κ2) is 3.37. The Bertz CT molecular complexity index is 195. The van der Waals surface area contributed by atoms with Gasteiger partial charge < -0.3 is 4.74 Å². The molecule has 3 heteroatoms. The lowest BCUT2D eigenvalue weighted by molar-refractivity contribution is -0.671. The lowest BCUT2D eigenvalue weighted by atomic mass is 10.8. The molecule has 1 aromatic heterocycles. The van der Waals surface area contributed by atoms with Gasteiger partial charge in [-0.25, -0.2) is 9.13 Å². The second-order valence-electron chi connectivity index (χ2n) is 2.22. The first-order chi connectivity index (χ1) is 4.83. The first kappa shape index (κ1) is 7.28. The van der Waals surface area contributed by atoms with E-state index in [9.17, 15) is 0 Å². The summed E-state index contributed by atoms with van der Waals surface area (Å²) in [6, 6.07) is 0. The van der Waals surface area contributed by atoms with Gasteiger partial charge in [0.25, 0.3) is 0 Å². The van der Waals surface area contributed by atoms with E-state index < -0.39 is 0 Å². The van der Waals surface area contributed by atoms with E-state index in [-0.39, 0.29) is 0 Å². The molecule has 56 valence electrons. The number of hydrogen-bond donors (Lipinski definition) is 0. The molecule has 0 saturated heterocycles. The average Bonchev–Trinajstić information content (AvgIpc) is 2.31. The van der Waals surface area contributed by atoms with Crippen LogP contribution in [0.25, 0.3) is 0 Å². The molecule has 0 aliphatic heterocycles. The van der Waals surface area contributed by atoms with E-state index in [2.05, 4.69) is 0 Å². The molecule has 0 amide bonds. The van der Waals surface area contributed by atoms with E-state index in [0.717, 1.165) is 6.61 Å². The number of ether oxygens (including phenoxy) is 1. The van der Waals surface area contributed by atoms with Gasteiger partial charge >= 0.3 is 0 Å². The summed E-state index contributed by atoms with van der Waals surface area (Å²) < 4.78 is 9.16. The van der Waals surface area contributed by atoms with Crippen molar-refractivity contribution >= 4 is 0 Å². The zero-order chi connectivity index (χ0) is 7.40. The van der Waals surface area contributed by atoms with E-state index in [1.165, 1.54) is 0 Å². The standard InChI is InChI=1S/C7H13N2O/c1-3-10-7-9-5-4-8(2)6-9/h4-6H,3,7H2,1-2H3/q+1. The second-order valence-corrected chi connectivity index (χ2v) is 2.22. The van der Waals surface area contributed by atoms with Crippen LogP contribution in [0.15, 0.2) is 18.7 Å². The van der Waals surface area contributed by atoms with Gasteiger partial charge in [-0.15, -0.1) is 0 Å². The van der Waals surface area contributed by atoms with E-state index in [0.29, 0.717) is 6.73 Å². The maximum atomic E-state index is 5.18. The quantitative estimate of drug-likeness (QED) is 0.554. The van der Waals surface area contributed by atoms with Gasteiger partial charge in [-0.1, -0.05) is 0 Å². The number of nitrogens with zero attached hydrogens (tertiary/aromatic N) is 2. The maximum absolute atomic E-state index is 5.18. The van der Waals surface area contributed by atoms with Crippen molar-refractivity contribution < 1.29 is 9.30 Å². The summed E-state index contributed by atoms with van der Waals surface area (Å²) in [5.41, 5.74) is 0. The van der Waals surface area contributed by atoms with E-state index in [1.54, 1.807) is 0 Å². The lowest BCUT2D eigenvalue weighted by Gasteiger charge is -1.93. The van der Waals surface area contributed by atoms with Crippen LogP contribution in [-0.4, -0.2) is 11.2 Å². The first-order valence-electron chi connectivity index (χ1n) is 3.41. The zero-order valence-corrected chi connectivity index (χ0v) is 6.45. The van der Waals surface area contributed by atoms with Crippen molar-refractivity contribution in [2.75, 3.05) is 6.61 Å². The minimum Gasteiger partial charge on any atom is -0.342 e. The molecule has 0 fully saturated rings. The van der Waals surface area contributed by atoms with Crippen molar-refractivity contribution in [3.8, 4) is 0 Å². The summed E-state index contributed by atoms with van der Waals surface area (Å²) in [5, 5.41) is 0. The monoisotopic (exact) mass is 141 g/mol. The predicted octanol–water partition coefficient (Wildman–Crippen LogP) is 0.307. The molecule has 0 aromatic carbocycles. The molecule has 0 aliphatic carbocycles. The van der Waals surface area contributed by atoms with Crippen LogP contribution in [0.2, 0.25) is 0 Å². The van der Waals surface area contributed by atoms with Crippen LogP contribution in [0.1, 0.15) is 6.92 Å². The van der Waals surface area contributed by atoms with E-state index in [1.807, 2.05) is 41.8 Å². The molecule has 0 aliphatic rings. The molecule has 0 spiro atoms. The summed E-state index contributed by atoms with van der Waals surface area (Å²) in [7, 11) is 1.99. The fraction of sp³-hybridized carbons (Fsp3) is 0.571. The number of hydrogen-bond acceptors (Lipinski definition) is 1. The van der Waals surface area contributed by atoms with E-state index in [4.69, 9.17) is 4.74 Å². The van der Waals surface area contributed by atoms with Gasteiger partial charge in [0.2, 0.25) is 6.33 Å². The van der Waals surface area contributed by atoms with Gasteiger partial charge in [-0.05, 0) is 6.92 Å². The van der Waals surface area contributed by atoms with Crippen LogP contribution in [0.4, 0.5) is 0 Å². The molecule has 1 rings (SSSR count). The predicted molar refractivity (Wildman–Crippen MR) is 37.2 cm³/mol. The Balaban J connectivity index is 2.42. The number of imidazole rings is 1. The van der Waals surface area contributed by atoms with Crippen molar-refractivity contribution in [3.05, 3.63) is 18.7 Å². The Labute approximate surface area is 60.9 Å². The van der Waals surface area contributed by atoms with Crippen molar-refractivity contribution in [2.45, 2.75) is 13.7 Å². The normalized spacial score (nSPS) is 10.2. The molecule has 1 aromatic rings. The Morgan fingerprint density at radius 2 is 2.40 bits per heavy atom. The molecule has 1 heterocycles. The molecule has 10 heavy (non-hydrogen) atoms. The fourth-order valence-electron chi connectivity index (χ4n) is 0.775. The van der Waals surface area contributed by atoms with Crippen molar-refractivity contribution in [1.82, 2.24) is 4.57 Å². The summed E-state index contributed by atoms with van der Waals surface area (Å²) in [6.45, 7) is 3.41. The molecule has 0 radical (unpaired) electrons. The van der Waals surface area contributed by atoms with Crippen LogP contribution in [0.5, 0.6) is 0 Å². The number of rotatable bonds is 3. The summed E-state index contributed by atoms with van der Waals surface area (Å²) in [4.78, 5) is 0. The Kier molecular flexibility index (Phi) is 2.45. The van der Waals surface area contributed by atoms with Gasteiger partial charge in [-0.2, -0.15) is 0 Å². The SMILES string of the molecule is CCOCn1cc[n+](C)c1. The van der Waals surface area contributed by atoms with Crippen molar-refractivity contribution in [3.63, 3.8) is 0 Å². The highest BCUT2D eigenvalue weighted by atomic mass is 16.5. The Hall–Kier alpha value is -0.830. The van der Waals surface area contributed by atoms with Gasteiger partial charge in [0, 0.05) is 6.61 Å². The van der Waals surface area contributed by atoms with Crippen LogP contribution >= 0.6 is 0 Å². The van der Waals surface area contributed by atoms with Gasteiger partial charge in [0.1, 0.15) is 12.4 Å². The molecule has 0 atom stereocenters. The summed E-state index contributed by atoms with van der Waals surface area (Å²) in [5.74, 6) is 0. The minimum atomic E-state index is 0.650. The molecule has 0 N–H and O–H groups in total. The summed E-state index contributed by atoms with van der Waals surface area (Å²) in [6.07, 6.45) is 5.95. The number of aromatic nitrogens is 2. The van der Waals surface area contributed by atoms with Gasteiger partial charge in [0.15, 0.2) is 6.73 Å². The fourth-order valence-corrected chi connectivity index (χ4v) is 0.775. The highest BCUT2D eigenvalue weighted by Crippen LogP contribution is 1.84. The largest absolute Gasteiger partial charge is 0.342 e. The van der Waals surface area contributed by atoms with Crippen LogP contribution < -0.4 is 4.57 Å². The third kappa shape index (κ3) is 1.84. The minimum absolute atomic E-state index is 0.650. The van der Waals surface area contributed by atoms with Crippen LogP contribution in [-0.2, 0) is 18.5 Å². The lowest BCUT2D eigenvalue weighted by Crippen LogP contribution is -2.23. The average molecular weight is 141 g/mol. The molecule has 0 bridgehead atoms. The van der Waals surface area contributed by atoms with Gasteiger partial charge in [0.05, 0.1) is 7.05 Å². The van der Waals surface area contributed by atoms with E-state index >= 15 is 0 Å². The number of aryl methyl sites for hydroxylation is 1. The van der Waals surface area contributed by atoms with Crippen LogP contribution in [0, 0.1) is 0 Å². The molecular formula is C7H13N2O+. The summed E-state index contributed by atoms with van der Waals surface area (Å²) >= 11 is 0. The third-order valence-corrected chi connectivity index (χ3v) is 1.27. The smallest absolute Gasteiger partial charge is 0.245 e. The van der Waals surface area contributed by atoms with Gasteiger partial charge in [-0.3, -0.25) is 0 Å². The van der Waals surface area contributed by atoms with Crippen LogP contribution in [0.3, 0.4) is 0 Å². The van der Waals surface area contributed by atoms with Crippen molar-refractivity contribution in [2.24, 2.45) is 7.05 Å². The Morgan fingerprint density at radius 3 is 2.90 bits per heavy atom. The molecule has 0 unspecified atom stereocenters. The molecular weight excluding hydrogens is 128 g/mol. The highest BCUT2D eigenvalue weighted by molar-refractivity contribution is 4.62.